The molecular weight excluding hydrogens is 248 g/mol. The second-order valence-corrected chi connectivity index (χ2v) is 6.51. The number of hydrogen-bond donors (Lipinski definition) is 1. The van der Waals surface area contributed by atoms with Gasteiger partial charge >= 0.3 is 0 Å². The maximum absolute atomic E-state index is 12.6. The van der Waals surface area contributed by atoms with Crippen LogP contribution < -0.4 is 5.73 Å². The van der Waals surface area contributed by atoms with Crippen molar-refractivity contribution in [2.45, 2.75) is 25.7 Å². The van der Waals surface area contributed by atoms with Crippen LogP contribution >= 0.6 is 0 Å². The number of rotatable bonds is 4. The summed E-state index contributed by atoms with van der Waals surface area (Å²) in [6.45, 7) is 3.50. The average Bonchev–Trinajstić information content (AvgIpc) is 3.21. The van der Waals surface area contributed by atoms with E-state index in [4.69, 9.17) is 5.73 Å². The van der Waals surface area contributed by atoms with E-state index in [0.717, 1.165) is 13.0 Å². The Balaban J connectivity index is 1.71. The third-order valence-electron chi connectivity index (χ3n) is 4.98. The Morgan fingerprint density at radius 2 is 2.20 bits per heavy atom. The molecule has 2 aliphatic carbocycles. The Labute approximate surface area is 121 Å². The van der Waals surface area contributed by atoms with Gasteiger partial charge in [-0.1, -0.05) is 31.2 Å². The van der Waals surface area contributed by atoms with Crippen LogP contribution in [0.1, 0.15) is 30.4 Å². The number of nitrogens with zero attached hydrogens (tertiary/aromatic N) is 1. The van der Waals surface area contributed by atoms with Crippen molar-refractivity contribution in [3.63, 3.8) is 0 Å². The zero-order valence-electron chi connectivity index (χ0n) is 12.4. The van der Waals surface area contributed by atoms with Gasteiger partial charge in [-0.2, -0.15) is 0 Å². The number of carbonyl (C=O) groups excluding carboxylic acids is 1. The zero-order valence-corrected chi connectivity index (χ0v) is 12.4. The van der Waals surface area contributed by atoms with Gasteiger partial charge in [0.25, 0.3) is 0 Å². The van der Waals surface area contributed by atoms with Crippen LogP contribution in [0.5, 0.6) is 0 Å². The van der Waals surface area contributed by atoms with Crippen LogP contribution in [0, 0.1) is 17.8 Å². The van der Waals surface area contributed by atoms with Crippen molar-refractivity contribution in [1.82, 2.24) is 4.90 Å². The lowest BCUT2D eigenvalue weighted by atomic mass is 9.92. The van der Waals surface area contributed by atoms with E-state index in [1.165, 1.54) is 17.5 Å². The standard InChI is InChI=1S/C17H24N2O/c1-11(9-18)10-19(2)17(20)16-14-8-7-12-5-3-4-6-13(12)15(14)16/h3-6,11,14-16H,7-10,18H2,1-2H3. The molecule has 1 amide bonds. The monoisotopic (exact) mass is 272 g/mol. The van der Waals surface area contributed by atoms with Gasteiger partial charge in [0.15, 0.2) is 0 Å². The number of carbonyl (C=O) groups is 1. The molecule has 4 atom stereocenters. The minimum atomic E-state index is 0.216. The maximum atomic E-state index is 12.6. The van der Waals surface area contributed by atoms with Crippen molar-refractivity contribution in [3.8, 4) is 0 Å². The molecule has 0 bridgehead atoms. The molecule has 20 heavy (non-hydrogen) atoms. The summed E-state index contributed by atoms with van der Waals surface area (Å²) < 4.78 is 0. The molecule has 3 heteroatoms. The Morgan fingerprint density at radius 1 is 1.45 bits per heavy atom. The van der Waals surface area contributed by atoms with Gasteiger partial charge in [-0.3, -0.25) is 4.79 Å². The summed E-state index contributed by atoms with van der Waals surface area (Å²) in [6.07, 6.45) is 2.29. The van der Waals surface area contributed by atoms with Gasteiger partial charge in [0.05, 0.1) is 0 Å². The molecular formula is C17H24N2O. The molecule has 0 saturated heterocycles. The highest BCUT2D eigenvalue weighted by atomic mass is 16.2. The van der Waals surface area contributed by atoms with Gasteiger partial charge in [0.2, 0.25) is 5.91 Å². The first-order valence-electron chi connectivity index (χ1n) is 7.66. The fourth-order valence-electron chi connectivity index (χ4n) is 3.79. The molecule has 1 fully saturated rings. The Kier molecular flexibility index (Phi) is 3.55. The summed E-state index contributed by atoms with van der Waals surface area (Å²) >= 11 is 0. The van der Waals surface area contributed by atoms with Crippen molar-refractivity contribution in [2.24, 2.45) is 23.5 Å². The van der Waals surface area contributed by atoms with E-state index >= 15 is 0 Å². The molecule has 4 unspecified atom stereocenters. The SMILES string of the molecule is CC(CN)CN(C)C(=O)C1C2CCc3ccccc3C21. The molecule has 2 N–H and O–H groups in total. The van der Waals surface area contributed by atoms with E-state index in [0.29, 0.717) is 30.2 Å². The number of amides is 1. The molecule has 1 saturated carbocycles. The van der Waals surface area contributed by atoms with Crippen molar-refractivity contribution in [3.05, 3.63) is 35.4 Å². The second-order valence-electron chi connectivity index (χ2n) is 6.51. The molecule has 0 aliphatic heterocycles. The fourth-order valence-corrected chi connectivity index (χ4v) is 3.79. The van der Waals surface area contributed by atoms with Crippen molar-refractivity contribution in [1.29, 1.82) is 0 Å². The normalized spacial score (nSPS) is 28.2. The topological polar surface area (TPSA) is 46.3 Å². The van der Waals surface area contributed by atoms with Gasteiger partial charge in [-0.25, -0.2) is 0 Å². The highest BCUT2D eigenvalue weighted by Crippen LogP contribution is 2.60. The third kappa shape index (κ3) is 2.24. The number of nitrogens with two attached hydrogens (primary N) is 1. The Hall–Kier alpha value is -1.35. The van der Waals surface area contributed by atoms with Crippen LogP contribution in [0.25, 0.3) is 0 Å². The van der Waals surface area contributed by atoms with Crippen LogP contribution in [0.15, 0.2) is 24.3 Å². The van der Waals surface area contributed by atoms with Crippen molar-refractivity contribution in [2.75, 3.05) is 20.1 Å². The predicted molar refractivity (Wildman–Crippen MR) is 80.3 cm³/mol. The van der Waals surface area contributed by atoms with E-state index in [1.54, 1.807) is 0 Å². The Bertz CT molecular complexity index is 513. The quantitative estimate of drug-likeness (QED) is 0.911. The first-order chi connectivity index (χ1) is 9.63. The van der Waals surface area contributed by atoms with E-state index in [9.17, 15) is 4.79 Å². The molecule has 0 aromatic heterocycles. The lowest BCUT2D eigenvalue weighted by Crippen LogP contribution is -2.35. The number of benzene rings is 1. The number of fused-ring (bicyclic) bond motifs is 3. The number of hydrogen-bond acceptors (Lipinski definition) is 2. The van der Waals surface area contributed by atoms with Crippen LogP contribution in [0.4, 0.5) is 0 Å². The van der Waals surface area contributed by atoms with E-state index in [1.807, 2.05) is 11.9 Å². The third-order valence-corrected chi connectivity index (χ3v) is 4.98. The lowest BCUT2D eigenvalue weighted by molar-refractivity contribution is -0.132. The highest BCUT2D eigenvalue weighted by Gasteiger charge is 2.57. The molecule has 1 aromatic rings. The maximum Gasteiger partial charge on any atom is 0.226 e. The fraction of sp³-hybridized carbons (Fsp3) is 0.588. The number of aryl methyl sites for hydroxylation is 1. The largest absolute Gasteiger partial charge is 0.345 e. The van der Waals surface area contributed by atoms with Gasteiger partial charge in [0.1, 0.15) is 0 Å². The molecule has 3 nitrogen and oxygen atoms in total. The first kappa shape index (κ1) is 13.6. The van der Waals surface area contributed by atoms with Gasteiger partial charge in [-0.15, -0.1) is 0 Å². The minimum Gasteiger partial charge on any atom is -0.345 e. The smallest absolute Gasteiger partial charge is 0.226 e. The van der Waals surface area contributed by atoms with E-state index in [-0.39, 0.29) is 5.92 Å². The summed E-state index contributed by atoms with van der Waals surface area (Å²) in [5.74, 6) is 1.96. The van der Waals surface area contributed by atoms with Crippen LogP contribution in [-0.4, -0.2) is 30.9 Å². The van der Waals surface area contributed by atoms with E-state index in [2.05, 4.69) is 31.2 Å². The lowest BCUT2D eigenvalue weighted by Gasteiger charge is -2.21. The second kappa shape index (κ2) is 5.21. The summed E-state index contributed by atoms with van der Waals surface area (Å²) in [5, 5.41) is 0. The molecule has 1 aromatic carbocycles. The summed E-state index contributed by atoms with van der Waals surface area (Å²) in [6, 6.07) is 8.63. The zero-order chi connectivity index (χ0) is 14.3. The Morgan fingerprint density at radius 3 is 2.95 bits per heavy atom. The molecule has 0 heterocycles. The van der Waals surface area contributed by atoms with Crippen LogP contribution in [-0.2, 0) is 11.2 Å². The molecule has 108 valence electrons. The first-order valence-corrected chi connectivity index (χ1v) is 7.66. The van der Waals surface area contributed by atoms with E-state index < -0.39 is 0 Å². The average molecular weight is 272 g/mol. The van der Waals surface area contributed by atoms with Crippen molar-refractivity contribution >= 4 is 5.91 Å². The highest BCUT2D eigenvalue weighted by molar-refractivity contribution is 5.84. The van der Waals surface area contributed by atoms with Gasteiger partial charge in [0, 0.05) is 19.5 Å². The molecule has 0 radical (unpaired) electrons. The predicted octanol–water partition coefficient (Wildman–Crippen LogP) is 2.02. The molecule has 0 spiro atoms. The summed E-state index contributed by atoms with van der Waals surface area (Å²) in [4.78, 5) is 14.5. The van der Waals surface area contributed by atoms with Crippen molar-refractivity contribution < 1.29 is 4.79 Å². The minimum absolute atomic E-state index is 0.216. The van der Waals surface area contributed by atoms with Gasteiger partial charge in [-0.05, 0) is 48.3 Å². The molecule has 3 rings (SSSR count). The van der Waals surface area contributed by atoms with Crippen LogP contribution in [0.3, 0.4) is 0 Å². The molecule has 2 aliphatic rings. The van der Waals surface area contributed by atoms with Gasteiger partial charge < -0.3 is 10.6 Å². The van der Waals surface area contributed by atoms with Crippen LogP contribution in [0.2, 0.25) is 0 Å². The summed E-state index contributed by atoms with van der Waals surface area (Å²) in [7, 11) is 1.92. The summed E-state index contributed by atoms with van der Waals surface area (Å²) in [5.41, 5.74) is 8.52.